The summed E-state index contributed by atoms with van der Waals surface area (Å²) in [7, 11) is -17.2. The fourth-order valence-corrected chi connectivity index (χ4v) is 7.41. The summed E-state index contributed by atoms with van der Waals surface area (Å²) in [6, 6.07) is 2.32. The number of hydrogen-bond donors (Lipinski definition) is 2. The molecule has 0 heterocycles. The zero-order valence-electron chi connectivity index (χ0n) is 16.6. The summed E-state index contributed by atoms with van der Waals surface area (Å²) in [5, 5.41) is 0. The predicted molar refractivity (Wildman–Crippen MR) is 102 cm³/mol. The first-order valence-corrected chi connectivity index (χ1v) is 14.4. The molecule has 0 aliphatic carbocycles. The van der Waals surface area contributed by atoms with Gasteiger partial charge in [-0.05, 0) is 49.9 Å². The number of sulfone groups is 2. The van der Waals surface area contributed by atoms with E-state index in [0.29, 0.717) is 11.1 Å². The summed E-state index contributed by atoms with van der Waals surface area (Å²) in [4.78, 5) is -1.03. The van der Waals surface area contributed by atoms with E-state index in [-0.39, 0.29) is 0 Å². The molecule has 0 atom stereocenters. The van der Waals surface area contributed by atoms with Crippen LogP contribution < -0.4 is 0 Å². The first-order chi connectivity index (χ1) is 12.4. The van der Waals surface area contributed by atoms with E-state index >= 15 is 0 Å². The van der Waals surface area contributed by atoms with Crippen LogP contribution in [0.5, 0.6) is 0 Å². The summed E-state index contributed by atoms with van der Waals surface area (Å²) < 4.78 is 111. The van der Waals surface area contributed by atoms with Crippen molar-refractivity contribution in [3.8, 4) is 0 Å². The maximum Gasteiger partial charge on any atom is 0.264 e. The van der Waals surface area contributed by atoms with Crippen molar-refractivity contribution in [2.24, 2.45) is 0 Å². The fourth-order valence-electron chi connectivity index (χ4n) is 2.33. The van der Waals surface area contributed by atoms with Crippen LogP contribution in [0.1, 0.15) is 24.0 Å². The van der Waals surface area contributed by atoms with Gasteiger partial charge in [0.25, 0.3) is 20.2 Å². The number of benzene rings is 1. The Balaban J connectivity index is 0. The van der Waals surface area contributed by atoms with Gasteiger partial charge in [0.2, 0.25) is 0 Å². The van der Waals surface area contributed by atoms with E-state index in [1.165, 1.54) is 0 Å². The van der Waals surface area contributed by atoms with Gasteiger partial charge in [0.15, 0.2) is 19.7 Å². The van der Waals surface area contributed by atoms with Crippen LogP contribution in [0.15, 0.2) is 21.9 Å². The summed E-state index contributed by atoms with van der Waals surface area (Å²) >= 11 is 0. The van der Waals surface area contributed by atoms with Crippen LogP contribution in [-0.4, -0.2) is 65.8 Å². The minimum Gasteiger partial charge on any atom is -0.286 e. The molecule has 0 unspecified atom stereocenters. The number of aryl methyl sites for hydroxylation is 2. The molecule has 10 nitrogen and oxygen atoms in total. The van der Waals surface area contributed by atoms with Gasteiger partial charge in [0.1, 0.15) is 0 Å². The standard InChI is InChI=1S/C14H22O10S4.2Mt/c1-11-9-13(25(15,16)5-3-7-27(19,20)21)14(10-12(11)2)26(17,18)6-4-8-28(22,23)24;;/h9-10H,3-8H2,1-2H3,(H,19,20,21)(H,22,23,24);;. The van der Waals surface area contributed by atoms with E-state index in [1.54, 1.807) is 13.8 Å². The van der Waals surface area contributed by atoms with Crippen LogP contribution in [0.25, 0.3) is 0 Å². The van der Waals surface area contributed by atoms with Crippen LogP contribution >= 0.6 is 0 Å². The molecule has 0 bridgehead atoms. The van der Waals surface area contributed by atoms with Gasteiger partial charge in [0.05, 0.1) is 32.8 Å². The first kappa shape index (κ1) is 29.1. The minimum absolute atomic E-state index is 0. The molecule has 0 spiro atoms. The molecular weight excluding hydrogens is 1010 g/mol. The van der Waals surface area contributed by atoms with E-state index in [2.05, 4.69) is 0 Å². The van der Waals surface area contributed by atoms with Crippen molar-refractivity contribution in [2.45, 2.75) is 36.5 Å². The Labute approximate surface area is 165 Å². The van der Waals surface area contributed by atoms with Crippen molar-refractivity contribution in [1.29, 1.82) is 0 Å². The summed E-state index contributed by atoms with van der Waals surface area (Å²) in [6.45, 7) is 3.14. The Kier molecular flexibility index (Phi) is 9.35. The molecule has 1 aromatic rings. The average molecular weight is 1030 g/mol. The monoisotopic (exact) mass is 1030 g/mol. The summed E-state index contributed by atoms with van der Waals surface area (Å²) in [6.07, 6.45) is -0.868. The van der Waals surface area contributed by atoms with Crippen molar-refractivity contribution in [2.75, 3.05) is 23.0 Å². The molecule has 30 heavy (non-hydrogen) atoms. The molecule has 2 N–H and O–H groups in total. The zero-order valence-corrected chi connectivity index (χ0v) is 33.0. The van der Waals surface area contributed by atoms with Crippen molar-refractivity contribution in [1.82, 2.24) is 0 Å². The molecule has 0 saturated heterocycles. The van der Waals surface area contributed by atoms with Crippen LogP contribution in [0.4, 0.5) is 0 Å². The number of hydrogen-bond acceptors (Lipinski definition) is 8. The van der Waals surface area contributed by atoms with E-state index in [1.807, 2.05) is 0 Å². The van der Waals surface area contributed by atoms with Crippen molar-refractivity contribution >= 4 is 39.9 Å². The first-order valence-electron chi connectivity index (χ1n) is 7.92. The van der Waals surface area contributed by atoms with Crippen molar-refractivity contribution < 1.29 is 42.8 Å². The van der Waals surface area contributed by atoms with E-state index in [0.717, 1.165) is 12.1 Å². The van der Waals surface area contributed by atoms with E-state index < -0.39 is 85.6 Å². The quantitative estimate of drug-likeness (QED) is 0.313. The fraction of sp³-hybridized carbons (Fsp3) is 0.571. The Morgan fingerprint density at radius 2 is 0.867 bits per heavy atom. The molecule has 1 rings (SSSR count). The van der Waals surface area contributed by atoms with Crippen LogP contribution in [0.3, 0.4) is 0 Å². The molecule has 1 aromatic carbocycles. The molecule has 0 amide bonds. The smallest absolute Gasteiger partial charge is 0.264 e. The van der Waals surface area contributed by atoms with Gasteiger partial charge in [-0.15, -0.1) is 0 Å². The van der Waals surface area contributed by atoms with Gasteiger partial charge in [-0.3, -0.25) is 9.11 Å². The Morgan fingerprint density at radius 1 is 0.600 bits per heavy atom. The topological polar surface area (TPSA) is 177 Å². The van der Waals surface area contributed by atoms with Crippen molar-refractivity contribution in [3.63, 3.8) is 0 Å². The normalized spacial score (nSPS) is 12.7. The summed E-state index contributed by atoms with van der Waals surface area (Å²) in [5.41, 5.74) is 0.982. The average Bonchev–Trinajstić information content (AvgIpc) is 2.46. The van der Waals surface area contributed by atoms with Gasteiger partial charge in [0, 0.05) is 0 Å². The SMILES string of the molecule is Cc1cc(S(=O)(=O)CCCS(=O)(=O)O)c(S(=O)(=O)CCCS(=O)(=O)O)cc1C.[Mt].[Mt]. The predicted octanol–water partition coefficient (Wildman–Crippen LogP) is 0.407. The second kappa shape index (κ2) is 9.63. The van der Waals surface area contributed by atoms with Crippen LogP contribution in [-0.2, 0) is 39.9 Å². The van der Waals surface area contributed by atoms with Crippen LogP contribution in [0, 0.1) is 13.8 Å². The van der Waals surface area contributed by atoms with Gasteiger partial charge in [-0.1, -0.05) is 0 Å². The largest absolute Gasteiger partial charge is 0.286 e. The Bertz CT molecular complexity index is 1060. The van der Waals surface area contributed by atoms with Crippen LogP contribution in [0.2, 0.25) is 0 Å². The third-order valence-corrected chi connectivity index (χ3v) is 9.27. The number of rotatable bonds is 10. The zero-order chi connectivity index (χ0) is 22.0. The van der Waals surface area contributed by atoms with E-state index in [4.69, 9.17) is 9.11 Å². The third-order valence-electron chi connectivity index (χ3n) is 3.86. The molecule has 0 aliphatic rings. The van der Waals surface area contributed by atoms with Gasteiger partial charge < -0.3 is 0 Å². The van der Waals surface area contributed by atoms with Gasteiger partial charge in [-0.25, -0.2) is 16.8 Å². The second-order valence-corrected chi connectivity index (χ2v) is 13.6. The molecule has 0 saturated carbocycles. The molecule has 0 aromatic heterocycles. The molecule has 166 valence electrons. The van der Waals surface area contributed by atoms with Crippen molar-refractivity contribution in [3.05, 3.63) is 23.3 Å². The molecule has 0 fully saturated rings. The molecular formula is C14H22Mt2O10S4. The van der Waals surface area contributed by atoms with E-state index in [9.17, 15) is 33.7 Å². The molecule has 16 heteroatoms. The molecule has 0 radical (unpaired) electrons. The second-order valence-electron chi connectivity index (χ2n) is 6.30. The maximum absolute atomic E-state index is 12.6. The van der Waals surface area contributed by atoms with Gasteiger partial charge in [-0.2, -0.15) is 16.8 Å². The minimum atomic E-state index is -4.37. The third kappa shape index (κ3) is 8.53. The summed E-state index contributed by atoms with van der Waals surface area (Å²) in [5.74, 6) is -3.01. The Hall–Kier alpha value is -3.06. The molecule has 0 aliphatic heterocycles. The van der Waals surface area contributed by atoms with Gasteiger partial charge >= 0.3 is 0 Å². The Morgan fingerprint density at radius 3 is 1.10 bits per heavy atom. The maximum atomic E-state index is 12.6.